The zero-order chi connectivity index (χ0) is 7.40. The quantitative estimate of drug-likeness (QED) is 0.524. The van der Waals surface area contributed by atoms with E-state index in [4.69, 9.17) is 5.41 Å². The van der Waals surface area contributed by atoms with E-state index >= 15 is 0 Å². The molecule has 1 saturated heterocycles. The van der Waals surface area contributed by atoms with E-state index in [1.165, 1.54) is 12.8 Å². The second-order valence-electron chi connectivity index (χ2n) is 3.23. The van der Waals surface area contributed by atoms with Gasteiger partial charge in [-0.25, -0.2) is 0 Å². The van der Waals surface area contributed by atoms with Gasteiger partial charge in [-0.2, -0.15) is 0 Å². The van der Waals surface area contributed by atoms with Crippen molar-refractivity contribution in [3.8, 4) is 0 Å². The summed E-state index contributed by atoms with van der Waals surface area (Å²) < 4.78 is 0. The smallest absolute Gasteiger partial charge is 0.0332 e. The molecule has 0 bridgehead atoms. The maximum absolute atomic E-state index is 7.43. The fourth-order valence-electron chi connectivity index (χ4n) is 1.32. The molecule has 0 amide bonds. The van der Waals surface area contributed by atoms with Gasteiger partial charge in [-0.05, 0) is 31.7 Å². The van der Waals surface area contributed by atoms with Crippen LogP contribution in [0.5, 0.6) is 0 Å². The van der Waals surface area contributed by atoms with Crippen molar-refractivity contribution in [1.82, 2.24) is 5.32 Å². The van der Waals surface area contributed by atoms with Crippen molar-refractivity contribution in [3.63, 3.8) is 0 Å². The standard InChI is InChI=1S/C8H16N2/c1-7-3-2-4-8(9)6-10-5-7/h7,9-10H,2-6H2,1H3. The summed E-state index contributed by atoms with van der Waals surface area (Å²) in [6, 6.07) is 0. The van der Waals surface area contributed by atoms with Crippen LogP contribution in [0, 0.1) is 11.3 Å². The van der Waals surface area contributed by atoms with E-state index in [0.717, 1.165) is 31.1 Å². The van der Waals surface area contributed by atoms with Crippen LogP contribution < -0.4 is 5.32 Å². The molecule has 2 N–H and O–H groups in total. The first kappa shape index (κ1) is 7.73. The van der Waals surface area contributed by atoms with E-state index in [1.807, 2.05) is 0 Å². The molecule has 2 nitrogen and oxygen atoms in total. The van der Waals surface area contributed by atoms with Gasteiger partial charge in [-0.15, -0.1) is 0 Å². The van der Waals surface area contributed by atoms with Crippen LogP contribution in [0.15, 0.2) is 0 Å². The monoisotopic (exact) mass is 140 g/mol. The SMILES string of the molecule is CC1CCCC(=N)CNC1. The summed E-state index contributed by atoms with van der Waals surface area (Å²) in [4.78, 5) is 0. The summed E-state index contributed by atoms with van der Waals surface area (Å²) in [6.07, 6.45) is 3.48. The van der Waals surface area contributed by atoms with E-state index in [0.29, 0.717) is 0 Å². The van der Waals surface area contributed by atoms with Crippen LogP contribution in [0.1, 0.15) is 26.2 Å². The molecule has 1 rings (SSSR count). The average Bonchev–Trinajstić information content (AvgIpc) is 1.84. The minimum atomic E-state index is 0.799. The first-order chi connectivity index (χ1) is 4.79. The molecule has 1 fully saturated rings. The Morgan fingerprint density at radius 1 is 1.60 bits per heavy atom. The van der Waals surface area contributed by atoms with Gasteiger partial charge in [0.2, 0.25) is 0 Å². The number of rotatable bonds is 0. The Labute approximate surface area is 62.5 Å². The van der Waals surface area contributed by atoms with Crippen molar-refractivity contribution in [1.29, 1.82) is 5.41 Å². The Morgan fingerprint density at radius 2 is 2.40 bits per heavy atom. The maximum atomic E-state index is 7.43. The van der Waals surface area contributed by atoms with Gasteiger partial charge in [0.05, 0.1) is 0 Å². The Morgan fingerprint density at radius 3 is 3.20 bits per heavy atom. The Kier molecular flexibility index (Phi) is 2.87. The van der Waals surface area contributed by atoms with Crippen molar-refractivity contribution >= 4 is 5.71 Å². The lowest BCUT2D eigenvalue weighted by Crippen LogP contribution is -2.29. The molecule has 1 aliphatic rings. The summed E-state index contributed by atoms with van der Waals surface area (Å²) in [5, 5.41) is 10.7. The van der Waals surface area contributed by atoms with Gasteiger partial charge in [0.25, 0.3) is 0 Å². The van der Waals surface area contributed by atoms with Crippen molar-refractivity contribution in [3.05, 3.63) is 0 Å². The van der Waals surface area contributed by atoms with Crippen molar-refractivity contribution in [2.45, 2.75) is 26.2 Å². The van der Waals surface area contributed by atoms with Crippen LogP contribution in [0.4, 0.5) is 0 Å². The summed E-state index contributed by atoms with van der Waals surface area (Å²) in [7, 11) is 0. The summed E-state index contributed by atoms with van der Waals surface area (Å²) in [5.74, 6) is 0.799. The van der Waals surface area contributed by atoms with Crippen molar-refractivity contribution < 1.29 is 0 Å². The molecular formula is C8H16N2. The first-order valence-electron chi connectivity index (χ1n) is 4.06. The molecule has 2 heteroatoms. The van der Waals surface area contributed by atoms with Crippen LogP contribution >= 0.6 is 0 Å². The molecule has 0 aromatic heterocycles. The molecule has 1 aliphatic heterocycles. The van der Waals surface area contributed by atoms with E-state index in [-0.39, 0.29) is 0 Å². The summed E-state index contributed by atoms with van der Waals surface area (Å²) >= 11 is 0. The second-order valence-corrected chi connectivity index (χ2v) is 3.23. The minimum Gasteiger partial charge on any atom is -0.311 e. The van der Waals surface area contributed by atoms with Gasteiger partial charge in [-0.3, -0.25) is 0 Å². The third kappa shape index (κ3) is 2.48. The Hall–Kier alpha value is -0.370. The van der Waals surface area contributed by atoms with Crippen LogP contribution in [0.3, 0.4) is 0 Å². The highest BCUT2D eigenvalue weighted by Gasteiger charge is 2.06. The average molecular weight is 140 g/mol. The fraction of sp³-hybridized carbons (Fsp3) is 0.875. The van der Waals surface area contributed by atoms with Crippen LogP contribution in [0.2, 0.25) is 0 Å². The van der Waals surface area contributed by atoms with E-state index in [2.05, 4.69) is 12.2 Å². The molecule has 0 radical (unpaired) electrons. The van der Waals surface area contributed by atoms with E-state index in [9.17, 15) is 0 Å². The lowest BCUT2D eigenvalue weighted by atomic mass is 10.0. The third-order valence-corrected chi connectivity index (χ3v) is 2.01. The van der Waals surface area contributed by atoms with E-state index < -0.39 is 0 Å². The minimum absolute atomic E-state index is 0.799. The number of nitrogens with one attached hydrogen (secondary N) is 2. The van der Waals surface area contributed by atoms with Crippen LogP contribution in [-0.4, -0.2) is 18.8 Å². The predicted octanol–water partition coefficient (Wildman–Crippen LogP) is 1.42. The maximum Gasteiger partial charge on any atom is 0.0332 e. The molecule has 0 aromatic carbocycles. The van der Waals surface area contributed by atoms with Crippen LogP contribution in [-0.2, 0) is 0 Å². The molecule has 1 unspecified atom stereocenters. The molecule has 0 saturated carbocycles. The molecule has 0 aromatic rings. The Balaban J connectivity index is 2.27. The van der Waals surface area contributed by atoms with Crippen LogP contribution in [0.25, 0.3) is 0 Å². The zero-order valence-electron chi connectivity index (χ0n) is 6.61. The van der Waals surface area contributed by atoms with Gasteiger partial charge in [0, 0.05) is 12.3 Å². The lowest BCUT2D eigenvalue weighted by Gasteiger charge is -2.16. The topological polar surface area (TPSA) is 35.9 Å². The highest BCUT2D eigenvalue weighted by Crippen LogP contribution is 2.08. The number of hydrogen-bond donors (Lipinski definition) is 2. The molecule has 1 heterocycles. The Bertz CT molecular complexity index is 108. The normalized spacial score (nSPS) is 29.3. The molecular weight excluding hydrogens is 124 g/mol. The van der Waals surface area contributed by atoms with Gasteiger partial charge < -0.3 is 10.7 Å². The fourth-order valence-corrected chi connectivity index (χ4v) is 1.32. The molecule has 0 spiro atoms. The molecule has 58 valence electrons. The molecule has 1 atom stereocenters. The molecule has 10 heavy (non-hydrogen) atoms. The zero-order valence-corrected chi connectivity index (χ0v) is 6.61. The predicted molar refractivity (Wildman–Crippen MR) is 43.6 cm³/mol. The highest BCUT2D eigenvalue weighted by atomic mass is 14.9. The van der Waals surface area contributed by atoms with Gasteiger partial charge in [0.15, 0.2) is 0 Å². The highest BCUT2D eigenvalue weighted by molar-refractivity contribution is 5.83. The van der Waals surface area contributed by atoms with Gasteiger partial charge in [0.1, 0.15) is 0 Å². The van der Waals surface area contributed by atoms with Gasteiger partial charge in [-0.1, -0.05) is 6.92 Å². The van der Waals surface area contributed by atoms with Gasteiger partial charge >= 0.3 is 0 Å². The number of hydrogen-bond acceptors (Lipinski definition) is 2. The first-order valence-corrected chi connectivity index (χ1v) is 4.06. The van der Waals surface area contributed by atoms with E-state index in [1.54, 1.807) is 0 Å². The summed E-state index contributed by atoms with van der Waals surface area (Å²) in [6.45, 7) is 4.16. The largest absolute Gasteiger partial charge is 0.311 e. The van der Waals surface area contributed by atoms with Crippen molar-refractivity contribution in [2.75, 3.05) is 13.1 Å². The molecule has 0 aliphatic carbocycles. The second kappa shape index (κ2) is 3.71. The lowest BCUT2D eigenvalue weighted by molar-refractivity contribution is 0.471. The van der Waals surface area contributed by atoms with Crippen molar-refractivity contribution in [2.24, 2.45) is 5.92 Å². The summed E-state index contributed by atoms with van der Waals surface area (Å²) in [5.41, 5.74) is 0.868. The third-order valence-electron chi connectivity index (χ3n) is 2.01.